The first-order valence-corrected chi connectivity index (χ1v) is 7.09. The Hall–Kier alpha value is -1.82. The van der Waals surface area contributed by atoms with Crippen LogP contribution in [0.5, 0.6) is 0 Å². The van der Waals surface area contributed by atoms with Gasteiger partial charge >= 0.3 is 0 Å². The van der Waals surface area contributed by atoms with Crippen LogP contribution in [0.3, 0.4) is 0 Å². The lowest BCUT2D eigenvalue weighted by Crippen LogP contribution is -2.28. The number of nitrogens with zero attached hydrogens (tertiary/aromatic N) is 4. The molecule has 2 N–H and O–H groups in total. The summed E-state index contributed by atoms with van der Waals surface area (Å²) in [5.74, 6) is 1.98. The van der Waals surface area contributed by atoms with Crippen LogP contribution in [-0.4, -0.2) is 48.2 Å². The van der Waals surface area contributed by atoms with Gasteiger partial charge in [-0.2, -0.15) is 4.98 Å². The lowest BCUT2D eigenvalue weighted by molar-refractivity contribution is 0.109. The minimum absolute atomic E-state index is 0.379. The lowest BCUT2D eigenvalue weighted by Gasteiger charge is -2.25. The first kappa shape index (κ1) is 12.0. The standard InChI is InChI=1S/C14H19N5O/c1-18-4-9-6-19(7-10(9)5-18)13-11-8-20-3-2-12(11)16-14(15)17-13/h4,10H,2-3,5-8H2,1H3,(H2,15,16,17). The van der Waals surface area contributed by atoms with Crippen molar-refractivity contribution in [3.8, 4) is 0 Å². The van der Waals surface area contributed by atoms with Gasteiger partial charge in [0.25, 0.3) is 0 Å². The predicted octanol–water partition coefficient (Wildman–Crippen LogP) is 0.397. The molecule has 20 heavy (non-hydrogen) atoms. The Morgan fingerprint density at radius 1 is 1.35 bits per heavy atom. The van der Waals surface area contributed by atoms with Crippen molar-refractivity contribution < 1.29 is 4.74 Å². The van der Waals surface area contributed by atoms with E-state index in [1.54, 1.807) is 0 Å². The van der Waals surface area contributed by atoms with Crippen molar-refractivity contribution in [2.24, 2.45) is 5.92 Å². The Balaban J connectivity index is 1.69. The van der Waals surface area contributed by atoms with Gasteiger partial charge < -0.3 is 20.3 Å². The summed E-state index contributed by atoms with van der Waals surface area (Å²) in [6.07, 6.45) is 3.09. The first-order valence-electron chi connectivity index (χ1n) is 7.09. The molecule has 1 saturated heterocycles. The number of nitrogen functional groups attached to an aromatic ring is 1. The van der Waals surface area contributed by atoms with E-state index in [9.17, 15) is 0 Å². The summed E-state index contributed by atoms with van der Waals surface area (Å²) in [4.78, 5) is 13.5. The Morgan fingerprint density at radius 2 is 2.25 bits per heavy atom. The van der Waals surface area contributed by atoms with Crippen molar-refractivity contribution >= 4 is 11.8 Å². The Labute approximate surface area is 118 Å². The maximum Gasteiger partial charge on any atom is 0.222 e. The molecule has 6 heteroatoms. The van der Waals surface area contributed by atoms with E-state index in [1.165, 1.54) is 5.57 Å². The van der Waals surface area contributed by atoms with Crippen LogP contribution in [0.2, 0.25) is 0 Å². The molecule has 3 aliphatic rings. The summed E-state index contributed by atoms with van der Waals surface area (Å²) < 4.78 is 5.58. The Morgan fingerprint density at radius 3 is 3.10 bits per heavy atom. The normalized spacial score (nSPS) is 24.6. The quantitative estimate of drug-likeness (QED) is 0.799. The highest BCUT2D eigenvalue weighted by Crippen LogP contribution is 2.34. The molecule has 1 aromatic rings. The summed E-state index contributed by atoms with van der Waals surface area (Å²) in [6.45, 7) is 4.38. The van der Waals surface area contributed by atoms with Gasteiger partial charge in [0.2, 0.25) is 5.95 Å². The highest BCUT2D eigenvalue weighted by molar-refractivity contribution is 5.55. The molecule has 4 heterocycles. The van der Waals surface area contributed by atoms with E-state index in [0.29, 0.717) is 18.5 Å². The van der Waals surface area contributed by atoms with Gasteiger partial charge in [-0.05, 0) is 5.57 Å². The number of rotatable bonds is 1. The molecule has 1 atom stereocenters. The summed E-state index contributed by atoms with van der Waals surface area (Å²) in [6, 6.07) is 0. The monoisotopic (exact) mass is 273 g/mol. The predicted molar refractivity (Wildman–Crippen MR) is 76.2 cm³/mol. The maximum atomic E-state index is 5.88. The second-order valence-electron chi connectivity index (χ2n) is 5.85. The number of ether oxygens (including phenoxy) is 1. The molecular weight excluding hydrogens is 254 g/mol. The number of nitrogens with two attached hydrogens (primary N) is 1. The Kier molecular flexibility index (Phi) is 2.60. The smallest absolute Gasteiger partial charge is 0.222 e. The van der Waals surface area contributed by atoms with Crippen LogP contribution in [0.25, 0.3) is 0 Å². The number of hydrogen-bond acceptors (Lipinski definition) is 6. The van der Waals surface area contributed by atoms with Crippen molar-refractivity contribution in [1.29, 1.82) is 0 Å². The van der Waals surface area contributed by atoms with Gasteiger partial charge in [0, 0.05) is 50.8 Å². The first-order chi connectivity index (χ1) is 9.70. The van der Waals surface area contributed by atoms with Crippen molar-refractivity contribution in [3.63, 3.8) is 0 Å². The summed E-state index contributed by atoms with van der Waals surface area (Å²) >= 11 is 0. The number of anilines is 2. The van der Waals surface area contributed by atoms with Crippen molar-refractivity contribution in [1.82, 2.24) is 14.9 Å². The molecule has 0 bridgehead atoms. The molecule has 106 valence electrons. The van der Waals surface area contributed by atoms with Gasteiger partial charge in [0.05, 0.1) is 18.9 Å². The molecule has 4 rings (SSSR count). The number of aromatic nitrogens is 2. The maximum absolute atomic E-state index is 5.88. The van der Waals surface area contributed by atoms with Gasteiger partial charge in [0.15, 0.2) is 0 Å². The van der Waals surface area contributed by atoms with Crippen LogP contribution in [-0.2, 0) is 17.8 Å². The minimum atomic E-state index is 0.379. The van der Waals surface area contributed by atoms with E-state index in [0.717, 1.165) is 49.7 Å². The fourth-order valence-corrected chi connectivity index (χ4v) is 3.46. The van der Waals surface area contributed by atoms with E-state index in [4.69, 9.17) is 10.5 Å². The molecule has 3 aliphatic heterocycles. The molecular formula is C14H19N5O. The van der Waals surface area contributed by atoms with Crippen LogP contribution in [0.4, 0.5) is 11.8 Å². The molecule has 0 saturated carbocycles. The SMILES string of the molecule is CN1C=C2CN(c3nc(N)nc4c3COCC4)CC2C1. The van der Waals surface area contributed by atoms with Crippen LogP contribution in [0, 0.1) is 5.92 Å². The third kappa shape index (κ3) is 1.83. The van der Waals surface area contributed by atoms with Gasteiger partial charge in [-0.15, -0.1) is 0 Å². The van der Waals surface area contributed by atoms with Gasteiger partial charge in [0.1, 0.15) is 5.82 Å². The second-order valence-corrected chi connectivity index (χ2v) is 5.85. The summed E-state index contributed by atoms with van der Waals surface area (Å²) in [5.41, 5.74) is 9.55. The molecule has 0 radical (unpaired) electrons. The molecule has 6 nitrogen and oxygen atoms in total. The summed E-state index contributed by atoms with van der Waals surface area (Å²) in [5, 5.41) is 0. The zero-order valence-corrected chi connectivity index (χ0v) is 11.7. The van der Waals surface area contributed by atoms with Crippen LogP contribution in [0.15, 0.2) is 11.8 Å². The highest BCUT2D eigenvalue weighted by Gasteiger charge is 2.34. The fourth-order valence-electron chi connectivity index (χ4n) is 3.46. The fraction of sp³-hybridized carbons (Fsp3) is 0.571. The molecule has 0 amide bonds. The zero-order valence-electron chi connectivity index (χ0n) is 11.7. The van der Waals surface area contributed by atoms with Gasteiger partial charge in [-0.25, -0.2) is 4.98 Å². The zero-order chi connectivity index (χ0) is 13.7. The van der Waals surface area contributed by atoms with Crippen molar-refractivity contribution in [3.05, 3.63) is 23.0 Å². The Bertz CT molecular complexity index is 585. The molecule has 0 aliphatic carbocycles. The topological polar surface area (TPSA) is 67.5 Å². The highest BCUT2D eigenvalue weighted by atomic mass is 16.5. The van der Waals surface area contributed by atoms with Gasteiger partial charge in [-0.1, -0.05) is 0 Å². The van der Waals surface area contributed by atoms with E-state index >= 15 is 0 Å². The van der Waals surface area contributed by atoms with Crippen molar-refractivity contribution in [2.45, 2.75) is 13.0 Å². The van der Waals surface area contributed by atoms with E-state index in [2.05, 4.69) is 33.0 Å². The minimum Gasteiger partial charge on any atom is -0.380 e. The van der Waals surface area contributed by atoms with Crippen LogP contribution in [0.1, 0.15) is 11.3 Å². The third-order valence-electron chi connectivity index (χ3n) is 4.35. The average Bonchev–Trinajstić information content (AvgIpc) is 2.94. The van der Waals surface area contributed by atoms with Crippen LogP contribution >= 0.6 is 0 Å². The van der Waals surface area contributed by atoms with E-state index in [1.807, 2.05) is 0 Å². The molecule has 1 aromatic heterocycles. The number of fused-ring (bicyclic) bond motifs is 2. The largest absolute Gasteiger partial charge is 0.380 e. The van der Waals surface area contributed by atoms with E-state index in [-0.39, 0.29) is 0 Å². The summed E-state index contributed by atoms with van der Waals surface area (Å²) in [7, 11) is 2.13. The second kappa shape index (κ2) is 4.34. The number of hydrogen-bond donors (Lipinski definition) is 1. The van der Waals surface area contributed by atoms with Crippen LogP contribution < -0.4 is 10.6 Å². The third-order valence-corrected chi connectivity index (χ3v) is 4.35. The molecule has 0 aromatic carbocycles. The van der Waals surface area contributed by atoms with Crippen molar-refractivity contribution in [2.75, 3.05) is 43.9 Å². The lowest BCUT2D eigenvalue weighted by atomic mass is 10.1. The molecule has 0 spiro atoms. The average molecular weight is 273 g/mol. The van der Waals surface area contributed by atoms with Gasteiger partial charge in [-0.3, -0.25) is 0 Å². The van der Waals surface area contributed by atoms with E-state index < -0.39 is 0 Å². The molecule has 1 fully saturated rings. The molecule has 1 unspecified atom stereocenters.